The van der Waals surface area contributed by atoms with Crippen molar-refractivity contribution in [1.29, 1.82) is 0 Å². The zero-order valence-electron chi connectivity index (χ0n) is 24.9. The number of methoxy groups -OCH3 is 2. The summed E-state index contributed by atoms with van der Waals surface area (Å²) in [7, 11) is 3.07. The Morgan fingerprint density at radius 3 is 2.60 bits per heavy atom. The van der Waals surface area contributed by atoms with Crippen molar-refractivity contribution < 1.29 is 19.0 Å². The van der Waals surface area contributed by atoms with Gasteiger partial charge in [0.1, 0.15) is 23.1 Å². The Kier molecular flexibility index (Phi) is 9.15. The Hall–Kier alpha value is -4.26. The summed E-state index contributed by atoms with van der Waals surface area (Å²) < 4.78 is 16.9. The van der Waals surface area contributed by atoms with Gasteiger partial charge in [0.2, 0.25) is 5.91 Å². The van der Waals surface area contributed by atoms with Crippen LogP contribution in [-0.2, 0) is 9.53 Å². The van der Waals surface area contributed by atoms with Crippen LogP contribution in [0.4, 0.5) is 17.3 Å². The van der Waals surface area contributed by atoms with Crippen molar-refractivity contribution in [3.05, 3.63) is 59.5 Å². The number of carbonyl (C=O) groups is 1. The predicted molar refractivity (Wildman–Crippen MR) is 176 cm³/mol. The highest BCUT2D eigenvalue weighted by Gasteiger charge is 2.34. The van der Waals surface area contributed by atoms with Crippen LogP contribution < -0.4 is 30.3 Å². The molecule has 1 amide bonds. The molecule has 2 saturated heterocycles. The third kappa shape index (κ3) is 6.44. The highest BCUT2D eigenvalue weighted by molar-refractivity contribution is 6.41. The second-order valence-corrected chi connectivity index (χ2v) is 11.6. The van der Waals surface area contributed by atoms with Crippen LogP contribution in [0.15, 0.2) is 49.4 Å². The maximum absolute atomic E-state index is 12.3. The van der Waals surface area contributed by atoms with Crippen LogP contribution in [-0.4, -0.2) is 84.7 Å². The molecular formula is C31H34Cl2N8O4. The van der Waals surface area contributed by atoms with Crippen LogP contribution in [0.5, 0.6) is 11.5 Å². The number of fused-ring (bicyclic) bond motifs is 1. The number of H-pyrrole nitrogens is 1. The van der Waals surface area contributed by atoms with E-state index < -0.39 is 0 Å². The molecule has 6 rings (SSSR count). The smallest absolute Gasteiger partial charge is 0.243 e. The number of anilines is 3. The first kappa shape index (κ1) is 30.8. The molecule has 0 saturated carbocycles. The quantitative estimate of drug-likeness (QED) is 0.165. The second kappa shape index (κ2) is 13.4. The van der Waals surface area contributed by atoms with Gasteiger partial charge in [0.05, 0.1) is 60.0 Å². The highest BCUT2D eigenvalue weighted by Crippen LogP contribution is 2.46. The van der Waals surface area contributed by atoms with Crippen molar-refractivity contribution in [2.75, 3.05) is 56.0 Å². The lowest BCUT2D eigenvalue weighted by Crippen LogP contribution is -2.45. The van der Waals surface area contributed by atoms with E-state index in [4.69, 9.17) is 47.4 Å². The number of hydrogen-bond donors (Lipinski definition) is 4. The number of ether oxygens (including phenoxy) is 3. The van der Waals surface area contributed by atoms with Gasteiger partial charge in [-0.1, -0.05) is 29.8 Å². The molecule has 4 aromatic rings. The van der Waals surface area contributed by atoms with Crippen LogP contribution in [0.1, 0.15) is 12.8 Å². The summed E-state index contributed by atoms with van der Waals surface area (Å²) in [4.78, 5) is 24.2. The number of benzene rings is 1. The minimum atomic E-state index is -0.240. The number of nitrogens with one attached hydrogen (secondary N) is 4. The number of aromatic nitrogens is 4. The van der Waals surface area contributed by atoms with Crippen LogP contribution in [0.2, 0.25) is 10.0 Å². The van der Waals surface area contributed by atoms with Crippen molar-refractivity contribution in [2.24, 2.45) is 0 Å². The molecule has 0 radical (unpaired) electrons. The Balaban J connectivity index is 1.37. The molecule has 0 aliphatic carbocycles. The van der Waals surface area contributed by atoms with Crippen molar-refractivity contribution >= 4 is 57.2 Å². The number of carbonyl (C=O) groups excluding carboxylic acids is 1. The summed E-state index contributed by atoms with van der Waals surface area (Å²) in [5.74, 6) is 1.85. The van der Waals surface area contributed by atoms with Gasteiger partial charge in [-0.15, -0.1) is 0 Å². The molecule has 2 aliphatic heterocycles. The van der Waals surface area contributed by atoms with Crippen LogP contribution in [0.3, 0.4) is 0 Å². The van der Waals surface area contributed by atoms with E-state index in [1.807, 2.05) is 18.3 Å². The normalized spacial score (nSPS) is 19.5. The molecule has 2 fully saturated rings. The molecule has 3 atom stereocenters. The van der Waals surface area contributed by atoms with Gasteiger partial charge in [0.15, 0.2) is 0 Å². The fourth-order valence-corrected chi connectivity index (χ4v) is 6.46. The molecule has 14 heteroatoms. The van der Waals surface area contributed by atoms with E-state index in [-0.39, 0.29) is 24.1 Å². The average molecular weight is 654 g/mol. The SMILES string of the molecule is C=CC(=O)N[C@H]1CN(c2cn[nH]c2)C[C@H]1Nc1cc2c(NCC3CCCO3)nc(-c3c(Cl)c(OC)cc(OC)c3Cl)cc2cn1. The summed E-state index contributed by atoms with van der Waals surface area (Å²) in [6.07, 6.45) is 8.71. The Morgan fingerprint density at radius 2 is 1.93 bits per heavy atom. The summed E-state index contributed by atoms with van der Waals surface area (Å²) in [6.45, 7) is 6.14. The number of rotatable bonds is 11. The lowest BCUT2D eigenvalue weighted by molar-refractivity contribution is -0.117. The Labute approximate surface area is 270 Å². The summed E-state index contributed by atoms with van der Waals surface area (Å²) in [6, 6.07) is 5.14. The molecule has 0 spiro atoms. The monoisotopic (exact) mass is 652 g/mol. The number of aromatic amines is 1. The van der Waals surface area contributed by atoms with Crippen molar-refractivity contribution in [2.45, 2.75) is 31.0 Å². The van der Waals surface area contributed by atoms with E-state index in [0.29, 0.717) is 64.1 Å². The third-order valence-electron chi connectivity index (χ3n) is 8.08. The number of nitrogens with zero attached hydrogens (tertiary/aromatic N) is 4. The molecular weight excluding hydrogens is 619 g/mol. The van der Waals surface area contributed by atoms with E-state index in [2.05, 4.69) is 37.6 Å². The topological polar surface area (TPSA) is 139 Å². The van der Waals surface area contributed by atoms with Gasteiger partial charge >= 0.3 is 0 Å². The maximum Gasteiger partial charge on any atom is 0.243 e. The maximum atomic E-state index is 12.3. The van der Waals surface area contributed by atoms with Gasteiger partial charge < -0.3 is 35.1 Å². The van der Waals surface area contributed by atoms with E-state index >= 15 is 0 Å². The molecule has 2 aliphatic rings. The van der Waals surface area contributed by atoms with Gasteiger partial charge in [-0.2, -0.15) is 5.10 Å². The third-order valence-corrected chi connectivity index (χ3v) is 8.83. The highest BCUT2D eigenvalue weighted by atomic mass is 35.5. The summed E-state index contributed by atoms with van der Waals surface area (Å²) in [5, 5.41) is 19.3. The van der Waals surface area contributed by atoms with Crippen LogP contribution in [0, 0.1) is 0 Å². The molecule has 4 N–H and O–H groups in total. The van der Waals surface area contributed by atoms with E-state index in [0.717, 1.165) is 35.9 Å². The number of halogens is 2. The first-order valence-corrected chi connectivity index (χ1v) is 15.3. The molecule has 1 aromatic carbocycles. The van der Waals surface area contributed by atoms with Crippen molar-refractivity contribution in [3.8, 4) is 22.8 Å². The number of amides is 1. The van der Waals surface area contributed by atoms with Gasteiger partial charge in [0, 0.05) is 61.0 Å². The van der Waals surface area contributed by atoms with Crippen LogP contribution in [0.25, 0.3) is 22.0 Å². The largest absolute Gasteiger partial charge is 0.495 e. The number of hydrogen-bond acceptors (Lipinski definition) is 10. The Bertz CT molecular complexity index is 1670. The van der Waals surface area contributed by atoms with Gasteiger partial charge in [-0.25, -0.2) is 9.97 Å². The molecule has 3 aromatic heterocycles. The van der Waals surface area contributed by atoms with E-state index in [1.54, 1.807) is 18.5 Å². The molecule has 5 heterocycles. The van der Waals surface area contributed by atoms with Gasteiger partial charge in [-0.3, -0.25) is 9.89 Å². The first-order valence-electron chi connectivity index (χ1n) is 14.6. The summed E-state index contributed by atoms with van der Waals surface area (Å²) >= 11 is 13.5. The minimum Gasteiger partial charge on any atom is -0.495 e. The lowest BCUT2D eigenvalue weighted by atomic mass is 10.1. The minimum absolute atomic E-state index is 0.0793. The second-order valence-electron chi connectivity index (χ2n) is 10.9. The van der Waals surface area contributed by atoms with Crippen molar-refractivity contribution in [3.63, 3.8) is 0 Å². The molecule has 0 bridgehead atoms. The Morgan fingerprint density at radius 1 is 1.16 bits per heavy atom. The van der Waals surface area contributed by atoms with Crippen molar-refractivity contribution in [1.82, 2.24) is 25.5 Å². The first-order chi connectivity index (χ1) is 21.9. The zero-order chi connectivity index (χ0) is 31.5. The fourth-order valence-electron chi connectivity index (χ4n) is 5.77. The molecule has 12 nitrogen and oxygen atoms in total. The van der Waals surface area contributed by atoms with Gasteiger partial charge in [-0.05, 0) is 31.1 Å². The fraction of sp³-hybridized carbons (Fsp3) is 0.355. The average Bonchev–Trinajstić information content (AvgIpc) is 3.84. The number of pyridine rings is 2. The molecule has 45 heavy (non-hydrogen) atoms. The van der Waals surface area contributed by atoms with E-state index in [1.165, 1.54) is 20.3 Å². The standard InChI is InChI=1S/C31H34Cl2N8O4/c1-4-27(42)39-23-16-41(18-12-36-37-13-18)15-22(23)38-26-9-20-17(11-34-26)8-21(40-31(20)35-14-19-6-5-7-45-19)28-29(32)24(43-2)10-25(44-3)30(28)33/h4,8-13,19,22-23H,1,5-7,14-16H2,2-3H3,(H,34,38)(H,35,40)(H,36,37)(H,39,42)/t19?,22-,23+/m1/s1. The molecule has 236 valence electrons. The zero-order valence-corrected chi connectivity index (χ0v) is 26.4. The summed E-state index contributed by atoms with van der Waals surface area (Å²) in [5.41, 5.74) is 1.96. The predicted octanol–water partition coefficient (Wildman–Crippen LogP) is 4.91. The van der Waals surface area contributed by atoms with E-state index in [9.17, 15) is 4.79 Å². The lowest BCUT2D eigenvalue weighted by Gasteiger charge is -2.21. The molecule has 1 unspecified atom stereocenters. The van der Waals surface area contributed by atoms with Gasteiger partial charge in [0.25, 0.3) is 0 Å². The van der Waals surface area contributed by atoms with Crippen LogP contribution >= 0.6 is 23.2 Å².